The van der Waals surface area contributed by atoms with Gasteiger partial charge in [0.15, 0.2) is 0 Å². The van der Waals surface area contributed by atoms with Gasteiger partial charge in [0.2, 0.25) is 17.8 Å². The molecule has 0 amide bonds. The van der Waals surface area contributed by atoms with Crippen molar-refractivity contribution in [1.29, 1.82) is 0 Å². The van der Waals surface area contributed by atoms with Gasteiger partial charge in [-0.05, 0) is 27.7 Å². The van der Waals surface area contributed by atoms with Crippen molar-refractivity contribution in [2.75, 3.05) is 54.0 Å². The van der Waals surface area contributed by atoms with Gasteiger partial charge in [-0.3, -0.25) is 0 Å². The molecule has 1 heterocycles. The van der Waals surface area contributed by atoms with Crippen LogP contribution in [-0.4, -0.2) is 54.2 Å². The van der Waals surface area contributed by atoms with Crippen molar-refractivity contribution in [3.05, 3.63) is 25.3 Å². The Hall–Kier alpha value is -2.11. The second-order valence-electron chi connectivity index (χ2n) is 5.06. The summed E-state index contributed by atoms with van der Waals surface area (Å²) in [6.07, 6.45) is 3.70. The van der Waals surface area contributed by atoms with E-state index >= 15 is 0 Å². The summed E-state index contributed by atoms with van der Waals surface area (Å²) < 4.78 is 0. The van der Waals surface area contributed by atoms with Gasteiger partial charge >= 0.3 is 0 Å². The average molecular weight is 318 g/mol. The fourth-order valence-corrected chi connectivity index (χ4v) is 2.33. The summed E-state index contributed by atoms with van der Waals surface area (Å²) in [5.41, 5.74) is 0. The average Bonchev–Trinajstić information content (AvgIpc) is 2.57. The van der Waals surface area contributed by atoms with E-state index in [0.29, 0.717) is 19.0 Å². The first-order chi connectivity index (χ1) is 11.1. The van der Waals surface area contributed by atoms with Crippen molar-refractivity contribution >= 4 is 17.8 Å². The lowest BCUT2D eigenvalue weighted by molar-refractivity contribution is 0.762. The highest BCUT2D eigenvalue weighted by Gasteiger charge is 2.17. The zero-order chi connectivity index (χ0) is 17.2. The molecule has 6 nitrogen and oxygen atoms in total. The maximum atomic E-state index is 4.67. The van der Waals surface area contributed by atoms with Crippen LogP contribution in [0.2, 0.25) is 0 Å². The molecule has 0 N–H and O–H groups in total. The zero-order valence-electron chi connectivity index (χ0n) is 15.0. The summed E-state index contributed by atoms with van der Waals surface area (Å²) in [6.45, 7) is 20.9. The number of anilines is 3. The molecular weight excluding hydrogens is 288 g/mol. The second-order valence-corrected chi connectivity index (χ2v) is 5.06. The van der Waals surface area contributed by atoms with Crippen LogP contribution in [0.3, 0.4) is 0 Å². The van der Waals surface area contributed by atoms with E-state index in [-0.39, 0.29) is 0 Å². The zero-order valence-corrected chi connectivity index (χ0v) is 15.0. The number of rotatable bonds is 11. The summed E-state index contributed by atoms with van der Waals surface area (Å²) in [5, 5.41) is 0. The Balaban J connectivity index is 3.36. The van der Waals surface area contributed by atoms with Crippen molar-refractivity contribution in [3.8, 4) is 0 Å². The highest BCUT2D eigenvalue weighted by molar-refractivity contribution is 5.47. The molecule has 0 radical (unpaired) electrons. The quantitative estimate of drug-likeness (QED) is 0.585. The van der Waals surface area contributed by atoms with E-state index in [1.54, 1.807) is 0 Å². The minimum atomic E-state index is 0.670. The lowest BCUT2D eigenvalue weighted by Gasteiger charge is -2.26. The minimum absolute atomic E-state index is 0.670. The first kappa shape index (κ1) is 18.9. The van der Waals surface area contributed by atoms with E-state index in [1.807, 2.05) is 17.1 Å². The van der Waals surface area contributed by atoms with Crippen LogP contribution >= 0.6 is 0 Å². The first-order valence-electron chi connectivity index (χ1n) is 8.37. The van der Waals surface area contributed by atoms with Crippen LogP contribution in [0.5, 0.6) is 0 Å². The number of hydrogen-bond acceptors (Lipinski definition) is 6. The highest BCUT2D eigenvalue weighted by Crippen LogP contribution is 2.19. The third kappa shape index (κ3) is 4.94. The fourth-order valence-electron chi connectivity index (χ4n) is 2.33. The molecule has 0 saturated carbocycles. The fraction of sp³-hybridized carbons (Fsp3) is 0.588. The van der Waals surface area contributed by atoms with Gasteiger partial charge in [0.25, 0.3) is 0 Å². The Morgan fingerprint density at radius 2 is 0.957 bits per heavy atom. The third-order valence-electron chi connectivity index (χ3n) is 3.67. The van der Waals surface area contributed by atoms with Crippen molar-refractivity contribution in [2.45, 2.75) is 27.7 Å². The maximum Gasteiger partial charge on any atom is 0.232 e. The largest absolute Gasteiger partial charge is 0.341 e. The molecule has 0 aliphatic heterocycles. The Labute approximate surface area is 140 Å². The first-order valence-corrected chi connectivity index (χ1v) is 8.37. The number of nitrogens with zero attached hydrogens (tertiary/aromatic N) is 6. The lowest BCUT2D eigenvalue weighted by atomic mass is 10.4. The van der Waals surface area contributed by atoms with Crippen molar-refractivity contribution in [2.24, 2.45) is 0 Å². The monoisotopic (exact) mass is 318 g/mol. The highest BCUT2D eigenvalue weighted by atomic mass is 15.4. The van der Waals surface area contributed by atoms with Crippen LogP contribution in [-0.2, 0) is 0 Å². The van der Waals surface area contributed by atoms with Crippen LogP contribution < -0.4 is 14.7 Å². The van der Waals surface area contributed by atoms with E-state index in [9.17, 15) is 0 Å². The van der Waals surface area contributed by atoms with Gasteiger partial charge in [-0.1, -0.05) is 12.2 Å². The molecule has 1 rings (SSSR count). The Bertz CT molecular complexity index is 454. The van der Waals surface area contributed by atoms with E-state index in [2.05, 4.69) is 65.6 Å². The van der Waals surface area contributed by atoms with Gasteiger partial charge < -0.3 is 14.7 Å². The maximum absolute atomic E-state index is 4.67. The normalized spacial score (nSPS) is 10.3. The van der Waals surface area contributed by atoms with Crippen LogP contribution in [0.4, 0.5) is 17.8 Å². The summed E-state index contributed by atoms with van der Waals surface area (Å²) in [6, 6.07) is 0. The van der Waals surface area contributed by atoms with Gasteiger partial charge in [0.05, 0.1) is 0 Å². The summed E-state index contributed by atoms with van der Waals surface area (Å²) in [4.78, 5) is 20.3. The van der Waals surface area contributed by atoms with E-state index < -0.39 is 0 Å². The molecule has 0 atom stereocenters. The molecule has 0 spiro atoms. The molecule has 6 heteroatoms. The number of aromatic nitrogens is 3. The minimum Gasteiger partial charge on any atom is -0.341 e. The Morgan fingerprint density at radius 3 is 1.22 bits per heavy atom. The van der Waals surface area contributed by atoms with Crippen LogP contribution in [0.1, 0.15) is 27.7 Å². The van der Waals surface area contributed by atoms with Crippen LogP contribution in [0.25, 0.3) is 0 Å². The topological polar surface area (TPSA) is 48.4 Å². The molecule has 0 aliphatic rings. The van der Waals surface area contributed by atoms with Crippen molar-refractivity contribution in [3.63, 3.8) is 0 Å². The predicted octanol–water partition coefficient (Wildman–Crippen LogP) is 2.74. The van der Waals surface area contributed by atoms with Gasteiger partial charge in [-0.15, -0.1) is 13.2 Å². The summed E-state index contributed by atoms with van der Waals surface area (Å²) >= 11 is 0. The molecule has 0 unspecified atom stereocenters. The van der Waals surface area contributed by atoms with Gasteiger partial charge in [-0.25, -0.2) is 0 Å². The van der Waals surface area contributed by atoms with E-state index in [4.69, 9.17) is 0 Å². The number of hydrogen-bond donors (Lipinski definition) is 0. The molecule has 0 aliphatic carbocycles. The molecule has 128 valence electrons. The standard InChI is InChI=1S/C17H30N6/c1-7-13-23(14-8-2)17-19-15(21(9-3)10-4)18-16(20-17)22(11-5)12-6/h7-8H,1-2,9-14H2,3-6H3. The Kier molecular flexibility index (Phi) is 8.08. The molecule has 1 aromatic rings. The third-order valence-corrected chi connectivity index (χ3v) is 3.67. The molecule has 0 fully saturated rings. The molecule has 23 heavy (non-hydrogen) atoms. The lowest BCUT2D eigenvalue weighted by Crippen LogP contribution is -2.32. The van der Waals surface area contributed by atoms with Crippen molar-refractivity contribution in [1.82, 2.24) is 15.0 Å². The Morgan fingerprint density at radius 1 is 0.652 bits per heavy atom. The summed E-state index contributed by atoms with van der Waals surface area (Å²) in [7, 11) is 0. The van der Waals surface area contributed by atoms with Gasteiger partial charge in [-0.2, -0.15) is 15.0 Å². The van der Waals surface area contributed by atoms with Gasteiger partial charge in [0.1, 0.15) is 0 Å². The SMILES string of the molecule is C=CCN(CC=C)c1nc(N(CC)CC)nc(N(CC)CC)n1. The van der Waals surface area contributed by atoms with Crippen molar-refractivity contribution < 1.29 is 0 Å². The summed E-state index contributed by atoms with van der Waals surface area (Å²) in [5.74, 6) is 2.11. The molecule has 1 aromatic heterocycles. The van der Waals surface area contributed by atoms with E-state index in [0.717, 1.165) is 38.1 Å². The van der Waals surface area contributed by atoms with Crippen LogP contribution in [0.15, 0.2) is 25.3 Å². The molecular formula is C17H30N6. The smallest absolute Gasteiger partial charge is 0.232 e. The molecule has 0 saturated heterocycles. The molecule has 0 bridgehead atoms. The van der Waals surface area contributed by atoms with E-state index in [1.165, 1.54) is 0 Å². The van der Waals surface area contributed by atoms with Crippen LogP contribution in [0, 0.1) is 0 Å². The second kappa shape index (κ2) is 9.82. The molecule has 0 aromatic carbocycles. The van der Waals surface area contributed by atoms with Gasteiger partial charge in [0, 0.05) is 39.3 Å². The predicted molar refractivity (Wildman–Crippen MR) is 99.6 cm³/mol.